The van der Waals surface area contributed by atoms with Gasteiger partial charge in [0.1, 0.15) is 0 Å². The quantitative estimate of drug-likeness (QED) is 0.434. The second-order valence-electron chi connectivity index (χ2n) is 4.31. The Balaban J connectivity index is 1.59. The molecule has 76 valence electrons. The fourth-order valence-corrected chi connectivity index (χ4v) is 2.11. The second-order valence-corrected chi connectivity index (χ2v) is 4.31. The Morgan fingerprint density at radius 1 is 0.571 bits per heavy atom. The molecule has 2 heteroatoms. The highest BCUT2D eigenvalue weighted by molar-refractivity contribution is 5.03. The average Bonchev–Trinajstić information content (AvgIpc) is 3.03. The van der Waals surface area contributed by atoms with Crippen LogP contribution in [0.4, 0.5) is 0 Å². The number of fused-ring (bicyclic) bond motifs is 2. The zero-order valence-corrected chi connectivity index (χ0v) is 8.26. The molecule has 0 aromatic carbocycles. The third-order valence-corrected chi connectivity index (χ3v) is 3.18. The molecule has 0 radical (unpaired) electrons. The van der Waals surface area contributed by atoms with E-state index >= 15 is 0 Å². The molecule has 2 saturated heterocycles. The lowest BCUT2D eigenvalue weighted by atomic mass is 10.1. The molecule has 0 aromatic rings. The maximum Gasteiger partial charge on any atom is 0.0879 e. The third-order valence-electron chi connectivity index (χ3n) is 3.18. The summed E-state index contributed by atoms with van der Waals surface area (Å²) < 4.78 is 11.1. The topological polar surface area (TPSA) is 25.1 Å². The lowest BCUT2D eigenvalue weighted by Gasteiger charge is -1.91. The first kappa shape index (κ1) is 8.69. The lowest BCUT2D eigenvalue weighted by molar-refractivity contribution is 0.367. The maximum atomic E-state index is 5.53. The van der Waals surface area contributed by atoms with E-state index in [9.17, 15) is 0 Å². The van der Waals surface area contributed by atoms with Gasteiger partial charge in [-0.3, -0.25) is 0 Å². The molecule has 4 atom stereocenters. The van der Waals surface area contributed by atoms with Crippen LogP contribution < -0.4 is 0 Å². The normalized spacial score (nSPS) is 50.3. The summed E-state index contributed by atoms with van der Waals surface area (Å²) in [5.41, 5.74) is 0. The van der Waals surface area contributed by atoms with Gasteiger partial charge in [0, 0.05) is 0 Å². The van der Waals surface area contributed by atoms with E-state index < -0.39 is 0 Å². The van der Waals surface area contributed by atoms with E-state index in [-0.39, 0.29) is 0 Å². The molecule has 0 saturated carbocycles. The molecule has 0 amide bonds. The van der Waals surface area contributed by atoms with Gasteiger partial charge in [0.05, 0.1) is 24.4 Å². The van der Waals surface area contributed by atoms with Gasteiger partial charge < -0.3 is 9.47 Å². The maximum absolute atomic E-state index is 5.53. The van der Waals surface area contributed by atoms with Crippen molar-refractivity contribution >= 4 is 0 Å². The van der Waals surface area contributed by atoms with Crippen molar-refractivity contribution in [2.45, 2.75) is 50.1 Å². The number of ether oxygens (including phenoxy) is 2. The molecular formula is C12H16O2. The molecule has 0 spiro atoms. The summed E-state index contributed by atoms with van der Waals surface area (Å²) in [6.07, 6.45) is 15.3. The fraction of sp³-hybridized carbons (Fsp3) is 0.667. The van der Waals surface area contributed by atoms with Crippen LogP contribution in [0.2, 0.25) is 0 Å². The summed E-state index contributed by atoms with van der Waals surface area (Å²) in [6, 6.07) is 0. The minimum atomic E-state index is 0.492. The molecule has 2 nitrogen and oxygen atoms in total. The van der Waals surface area contributed by atoms with Crippen molar-refractivity contribution < 1.29 is 9.47 Å². The largest absolute Gasteiger partial charge is 0.369 e. The predicted molar refractivity (Wildman–Crippen MR) is 54.1 cm³/mol. The number of hydrogen-bond acceptors (Lipinski definition) is 2. The van der Waals surface area contributed by atoms with Gasteiger partial charge in [0.15, 0.2) is 0 Å². The number of rotatable bonds is 0. The van der Waals surface area contributed by atoms with Gasteiger partial charge in [0.2, 0.25) is 0 Å². The van der Waals surface area contributed by atoms with Crippen molar-refractivity contribution in [1.82, 2.24) is 0 Å². The number of hydrogen-bond donors (Lipinski definition) is 0. The first-order chi connectivity index (χ1) is 6.93. The minimum Gasteiger partial charge on any atom is -0.369 e. The van der Waals surface area contributed by atoms with Gasteiger partial charge in [-0.1, -0.05) is 24.3 Å². The van der Waals surface area contributed by atoms with Crippen LogP contribution >= 0.6 is 0 Å². The molecule has 2 aliphatic heterocycles. The van der Waals surface area contributed by atoms with Gasteiger partial charge in [-0.05, 0) is 25.7 Å². The van der Waals surface area contributed by atoms with Crippen molar-refractivity contribution in [1.29, 1.82) is 0 Å². The van der Waals surface area contributed by atoms with E-state index in [1.54, 1.807) is 0 Å². The van der Waals surface area contributed by atoms with Crippen LogP contribution in [-0.2, 0) is 9.47 Å². The molecule has 0 N–H and O–H groups in total. The monoisotopic (exact) mass is 192 g/mol. The Bertz CT molecular complexity index is 217. The molecule has 14 heavy (non-hydrogen) atoms. The molecule has 1 aliphatic carbocycles. The van der Waals surface area contributed by atoms with Crippen molar-refractivity contribution in [3.63, 3.8) is 0 Å². The standard InChI is InChI=1S/C12H16O2/c1-2-6-10-12(14-10)8-4-3-7-11-9(5-1)13-11/h1-4,9-12H,5-8H2/b2-1-,4-3-/t9-,10+,11+,12-. The van der Waals surface area contributed by atoms with Crippen LogP contribution in [0.5, 0.6) is 0 Å². The van der Waals surface area contributed by atoms with Crippen molar-refractivity contribution in [3.8, 4) is 0 Å². The molecule has 2 fully saturated rings. The summed E-state index contributed by atoms with van der Waals surface area (Å²) in [4.78, 5) is 0. The van der Waals surface area contributed by atoms with Gasteiger partial charge >= 0.3 is 0 Å². The fourth-order valence-electron chi connectivity index (χ4n) is 2.11. The van der Waals surface area contributed by atoms with Crippen LogP contribution in [0.25, 0.3) is 0 Å². The zero-order valence-electron chi connectivity index (χ0n) is 8.26. The van der Waals surface area contributed by atoms with Crippen molar-refractivity contribution in [2.75, 3.05) is 0 Å². The van der Waals surface area contributed by atoms with E-state index in [0.29, 0.717) is 24.4 Å². The van der Waals surface area contributed by atoms with Gasteiger partial charge in [0.25, 0.3) is 0 Å². The Morgan fingerprint density at radius 2 is 0.857 bits per heavy atom. The Morgan fingerprint density at radius 3 is 1.14 bits per heavy atom. The zero-order chi connectivity index (χ0) is 9.38. The van der Waals surface area contributed by atoms with Crippen LogP contribution in [0.3, 0.4) is 0 Å². The molecule has 2 heterocycles. The highest BCUT2D eigenvalue weighted by Crippen LogP contribution is 2.32. The summed E-state index contributed by atoms with van der Waals surface area (Å²) in [6.45, 7) is 0. The molecule has 0 unspecified atom stereocenters. The summed E-state index contributed by atoms with van der Waals surface area (Å²) in [7, 11) is 0. The number of epoxide rings is 2. The van der Waals surface area contributed by atoms with E-state index in [2.05, 4.69) is 24.3 Å². The molecule has 3 aliphatic rings. The van der Waals surface area contributed by atoms with Gasteiger partial charge in [-0.25, -0.2) is 0 Å². The van der Waals surface area contributed by atoms with Crippen LogP contribution in [0.1, 0.15) is 25.7 Å². The smallest absolute Gasteiger partial charge is 0.0879 e. The van der Waals surface area contributed by atoms with Crippen LogP contribution in [0.15, 0.2) is 24.3 Å². The van der Waals surface area contributed by atoms with E-state index in [1.807, 2.05) is 0 Å². The Kier molecular flexibility index (Phi) is 2.18. The van der Waals surface area contributed by atoms with E-state index in [4.69, 9.17) is 9.47 Å². The first-order valence-corrected chi connectivity index (χ1v) is 5.54. The second kappa shape index (κ2) is 3.52. The van der Waals surface area contributed by atoms with Crippen LogP contribution in [-0.4, -0.2) is 24.4 Å². The highest BCUT2D eigenvalue weighted by atomic mass is 16.6. The minimum absolute atomic E-state index is 0.492. The van der Waals surface area contributed by atoms with E-state index in [0.717, 1.165) is 25.7 Å². The molecule has 3 rings (SSSR count). The third kappa shape index (κ3) is 1.91. The first-order valence-electron chi connectivity index (χ1n) is 5.54. The molecular weight excluding hydrogens is 176 g/mol. The predicted octanol–water partition coefficient (Wildman–Crippen LogP) is 2.21. The van der Waals surface area contributed by atoms with Gasteiger partial charge in [-0.2, -0.15) is 0 Å². The Hall–Kier alpha value is -0.600. The Labute approximate surface area is 84.6 Å². The lowest BCUT2D eigenvalue weighted by Crippen LogP contribution is -1.94. The van der Waals surface area contributed by atoms with Crippen molar-refractivity contribution in [2.24, 2.45) is 0 Å². The average molecular weight is 192 g/mol. The van der Waals surface area contributed by atoms with Crippen LogP contribution in [0, 0.1) is 0 Å². The summed E-state index contributed by atoms with van der Waals surface area (Å²) in [5, 5.41) is 0. The van der Waals surface area contributed by atoms with Crippen molar-refractivity contribution in [3.05, 3.63) is 24.3 Å². The summed E-state index contributed by atoms with van der Waals surface area (Å²) >= 11 is 0. The summed E-state index contributed by atoms with van der Waals surface area (Å²) in [5.74, 6) is 0. The molecule has 0 bridgehead atoms. The molecule has 0 aromatic heterocycles. The van der Waals surface area contributed by atoms with E-state index in [1.165, 1.54) is 0 Å². The highest BCUT2D eigenvalue weighted by Gasteiger charge is 2.38. The SMILES string of the molecule is C1=C\C[C@H]2O[C@H]2C/C=C\C[C@H]2O[C@H]2C/1. The van der Waals surface area contributed by atoms with Gasteiger partial charge in [-0.15, -0.1) is 0 Å².